The molecule has 14 heavy (non-hydrogen) atoms. The molecule has 0 aliphatic rings. The van der Waals surface area contributed by atoms with Crippen molar-refractivity contribution in [2.75, 3.05) is 0 Å². The van der Waals surface area contributed by atoms with Gasteiger partial charge in [0.2, 0.25) is 0 Å². The number of ether oxygens (including phenoxy) is 1. The van der Waals surface area contributed by atoms with E-state index in [9.17, 15) is 13.2 Å². The van der Waals surface area contributed by atoms with E-state index >= 15 is 0 Å². The van der Waals surface area contributed by atoms with Crippen molar-refractivity contribution in [3.05, 3.63) is 28.0 Å². The molecule has 7 heteroatoms. The van der Waals surface area contributed by atoms with Gasteiger partial charge in [-0.3, -0.25) is 0 Å². The molecular formula is C7H2Cl3F3O. The summed E-state index contributed by atoms with van der Waals surface area (Å²) in [4.78, 5) is 0. The number of halogens is 6. The molecule has 0 radical (unpaired) electrons. The number of benzene rings is 1. The third kappa shape index (κ3) is 3.12. The number of rotatable bonds is 2. The van der Waals surface area contributed by atoms with Crippen LogP contribution in [0.4, 0.5) is 13.2 Å². The molecule has 0 saturated carbocycles. The van der Waals surface area contributed by atoms with E-state index in [4.69, 9.17) is 23.2 Å². The van der Waals surface area contributed by atoms with Gasteiger partial charge in [-0.1, -0.05) is 23.2 Å². The normalized spacial score (nSPS) is 11.6. The Kier molecular flexibility index (Phi) is 3.40. The molecule has 0 N–H and O–H groups in total. The Balaban J connectivity index is 3.09. The van der Waals surface area contributed by atoms with E-state index in [2.05, 4.69) is 16.3 Å². The van der Waals surface area contributed by atoms with Crippen molar-refractivity contribution in [1.29, 1.82) is 0 Å². The molecule has 78 valence electrons. The molecule has 0 aromatic heterocycles. The van der Waals surface area contributed by atoms with E-state index < -0.39 is 17.1 Å². The highest BCUT2D eigenvalue weighted by Gasteiger charge is 2.30. The summed E-state index contributed by atoms with van der Waals surface area (Å²) < 4.78 is 40.9. The molecule has 0 unspecified atom stereocenters. The largest absolute Gasteiger partial charge is 0.487 e. The summed E-state index contributed by atoms with van der Waals surface area (Å²) >= 11 is 15.3. The lowest BCUT2D eigenvalue weighted by molar-refractivity contribution is -0.0964. The van der Waals surface area contributed by atoms with Crippen molar-refractivity contribution in [3.63, 3.8) is 0 Å². The second-order valence-corrected chi connectivity index (χ2v) is 3.50. The van der Waals surface area contributed by atoms with Crippen molar-refractivity contribution >= 4 is 34.8 Å². The minimum Gasteiger partial charge on any atom is -0.417 e. The van der Waals surface area contributed by atoms with Crippen molar-refractivity contribution in [1.82, 2.24) is 0 Å². The molecule has 1 rings (SSSR count). The van der Waals surface area contributed by atoms with Crippen molar-refractivity contribution in [2.24, 2.45) is 0 Å². The highest BCUT2D eigenvalue weighted by Crippen LogP contribution is 2.37. The average molecular weight is 265 g/mol. The maximum Gasteiger partial charge on any atom is 0.487 e. The Hall–Kier alpha value is -0.320. The van der Waals surface area contributed by atoms with Crippen LogP contribution in [-0.2, 0) is 0 Å². The number of hydrogen-bond donors (Lipinski definition) is 0. The van der Waals surface area contributed by atoms with Crippen LogP contribution >= 0.6 is 34.8 Å². The zero-order valence-corrected chi connectivity index (χ0v) is 8.60. The highest BCUT2D eigenvalue weighted by atomic mass is 35.5. The fourth-order valence-corrected chi connectivity index (χ4v) is 1.36. The maximum atomic E-state index is 12.6. The van der Waals surface area contributed by atoms with Crippen LogP contribution < -0.4 is 4.74 Å². The van der Waals surface area contributed by atoms with Gasteiger partial charge in [0.1, 0.15) is 5.82 Å². The van der Waals surface area contributed by atoms with E-state index in [0.717, 1.165) is 12.1 Å². The highest BCUT2D eigenvalue weighted by molar-refractivity contribution is 6.37. The molecule has 1 nitrogen and oxygen atoms in total. The lowest BCUT2D eigenvalue weighted by Gasteiger charge is -2.13. The standard InChI is InChI=1S/C7H2Cl3F3O/c8-4-1-3(11)2-5(9)6(4)14-7(10,12)13/h1-2H. The SMILES string of the molecule is Fc1cc(Cl)c(OC(F)(F)Cl)c(Cl)c1. The van der Waals surface area contributed by atoms with Gasteiger partial charge in [-0.05, 0) is 12.1 Å². The van der Waals surface area contributed by atoms with Gasteiger partial charge < -0.3 is 4.74 Å². The number of hydrogen-bond acceptors (Lipinski definition) is 1. The van der Waals surface area contributed by atoms with E-state index in [1.165, 1.54) is 0 Å². The van der Waals surface area contributed by atoms with Crippen LogP contribution in [0.1, 0.15) is 0 Å². The lowest BCUT2D eigenvalue weighted by atomic mass is 10.3. The molecule has 0 heterocycles. The summed E-state index contributed by atoms with van der Waals surface area (Å²) in [5, 5.41) is -0.759. The minimum absolute atomic E-state index is 0.379. The van der Waals surface area contributed by atoms with E-state index in [0.29, 0.717) is 0 Å². The Labute approximate surface area is 92.3 Å². The zero-order chi connectivity index (χ0) is 10.9. The van der Waals surface area contributed by atoms with Gasteiger partial charge in [-0.2, -0.15) is 0 Å². The first-order chi connectivity index (χ1) is 6.29. The van der Waals surface area contributed by atoms with Gasteiger partial charge in [-0.25, -0.2) is 4.39 Å². The van der Waals surface area contributed by atoms with Crippen LogP contribution in [0.15, 0.2) is 12.1 Å². The summed E-state index contributed by atoms with van der Waals surface area (Å²) in [6.07, 6.45) is 0. The van der Waals surface area contributed by atoms with E-state index in [1.807, 2.05) is 0 Å². The molecule has 1 aromatic carbocycles. The molecule has 0 saturated heterocycles. The Morgan fingerprint density at radius 3 is 1.93 bits per heavy atom. The van der Waals surface area contributed by atoms with Crippen LogP contribution in [0, 0.1) is 5.82 Å². The van der Waals surface area contributed by atoms with Gasteiger partial charge in [0, 0.05) is 11.6 Å². The predicted molar refractivity (Wildman–Crippen MR) is 47.8 cm³/mol. The summed E-state index contributed by atoms with van der Waals surface area (Å²) in [6, 6.07) is 1.57. The quantitative estimate of drug-likeness (QED) is 0.724. The molecule has 0 aliphatic heterocycles. The molecule has 0 fully saturated rings. The third-order valence-electron chi connectivity index (χ3n) is 1.18. The fourth-order valence-electron chi connectivity index (χ4n) is 0.742. The molecule has 0 spiro atoms. The molecule has 0 atom stereocenters. The van der Waals surface area contributed by atoms with Gasteiger partial charge in [0.15, 0.2) is 5.75 Å². The Morgan fingerprint density at radius 1 is 1.14 bits per heavy atom. The monoisotopic (exact) mass is 264 g/mol. The van der Waals surface area contributed by atoms with Gasteiger partial charge in [-0.15, -0.1) is 8.78 Å². The first-order valence-corrected chi connectivity index (χ1v) is 4.33. The zero-order valence-electron chi connectivity index (χ0n) is 6.33. The van der Waals surface area contributed by atoms with Gasteiger partial charge in [0.05, 0.1) is 10.0 Å². The summed E-state index contributed by atoms with van der Waals surface area (Å²) in [5.41, 5.74) is -3.94. The Bertz CT molecular complexity index is 328. The van der Waals surface area contributed by atoms with Crippen LogP contribution in [-0.4, -0.2) is 5.57 Å². The first kappa shape index (κ1) is 11.8. The third-order valence-corrected chi connectivity index (χ3v) is 1.82. The lowest BCUT2D eigenvalue weighted by Crippen LogP contribution is -2.16. The second kappa shape index (κ2) is 4.04. The van der Waals surface area contributed by atoms with Gasteiger partial charge >= 0.3 is 5.57 Å². The van der Waals surface area contributed by atoms with Crippen LogP contribution in [0.5, 0.6) is 5.75 Å². The molecule has 0 bridgehead atoms. The van der Waals surface area contributed by atoms with Crippen molar-refractivity contribution < 1.29 is 17.9 Å². The topological polar surface area (TPSA) is 9.23 Å². The molecule has 0 amide bonds. The summed E-state index contributed by atoms with van der Waals surface area (Å²) in [5.74, 6) is -1.32. The van der Waals surface area contributed by atoms with Gasteiger partial charge in [0.25, 0.3) is 0 Å². The second-order valence-electron chi connectivity index (χ2n) is 2.25. The van der Waals surface area contributed by atoms with Crippen molar-refractivity contribution in [2.45, 2.75) is 5.57 Å². The Morgan fingerprint density at radius 2 is 1.57 bits per heavy atom. The molecular weight excluding hydrogens is 263 g/mol. The predicted octanol–water partition coefficient (Wildman–Crippen LogP) is 4.30. The van der Waals surface area contributed by atoms with Crippen LogP contribution in [0.25, 0.3) is 0 Å². The average Bonchev–Trinajstić information content (AvgIpc) is 1.95. The minimum atomic E-state index is -3.94. The number of alkyl halides is 3. The molecule has 0 aliphatic carbocycles. The van der Waals surface area contributed by atoms with Crippen LogP contribution in [0.3, 0.4) is 0 Å². The summed E-state index contributed by atoms with van der Waals surface area (Å²) in [7, 11) is 0. The smallest absolute Gasteiger partial charge is 0.417 e. The first-order valence-electron chi connectivity index (χ1n) is 3.20. The summed E-state index contributed by atoms with van der Waals surface area (Å²) in [6.45, 7) is 0. The fraction of sp³-hybridized carbons (Fsp3) is 0.143. The van der Waals surface area contributed by atoms with E-state index in [-0.39, 0.29) is 10.0 Å². The van der Waals surface area contributed by atoms with Crippen LogP contribution in [0.2, 0.25) is 10.0 Å². The van der Waals surface area contributed by atoms with Crippen molar-refractivity contribution in [3.8, 4) is 5.75 Å². The van der Waals surface area contributed by atoms with E-state index in [1.54, 1.807) is 0 Å². The molecule has 1 aromatic rings. The maximum absolute atomic E-state index is 12.6.